The van der Waals surface area contributed by atoms with E-state index in [9.17, 15) is 19.8 Å². The predicted molar refractivity (Wildman–Crippen MR) is 278 cm³/mol. The Balaban J connectivity index is 4.61. The molecule has 0 aliphatic carbocycles. The van der Waals surface area contributed by atoms with Crippen molar-refractivity contribution in [2.24, 2.45) is 0 Å². The van der Waals surface area contributed by atoms with Crippen molar-refractivity contribution >= 4 is 11.9 Å². The van der Waals surface area contributed by atoms with E-state index in [1.54, 1.807) is 0 Å². The molecule has 0 heterocycles. The summed E-state index contributed by atoms with van der Waals surface area (Å²) in [5.74, 6) is -0.510. The quantitative estimate of drug-likeness (QED) is 0.0321. The molecule has 3 unspecified atom stereocenters. The Labute approximate surface area is 397 Å². The van der Waals surface area contributed by atoms with Gasteiger partial charge in [-0.3, -0.25) is 9.59 Å². The fourth-order valence-electron chi connectivity index (χ4n) is 8.11. The second-order valence-electron chi connectivity index (χ2n) is 18.6. The SMILES string of the molecule is CCCCC/C=C\C/C=C\C/C=C\C/C=C\CCCCCC(=O)OC(CCCCCCCCC/C=C/CCCCCCCC)CC(=O)NC(CO)C(O)CCCCCCCCCCC. The van der Waals surface area contributed by atoms with E-state index in [2.05, 4.69) is 86.8 Å². The minimum atomic E-state index is -0.795. The number of hydrogen-bond acceptors (Lipinski definition) is 5. The van der Waals surface area contributed by atoms with Gasteiger partial charge in [-0.1, -0.05) is 223 Å². The molecule has 1 amide bonds. The van der Waals surface area contributed by atoms with Crippen LogP contribution in [0.3, 0.4) is 0 Å². The van der Waals surface area contributed by atoms with Crippen molar-refractivity contribution in [3.63, 3.8) is 0 Å². The second-order valence-corrected chi connectivity index (χ2v) is 18.6. The molecule has 372 valence electrons. The number of unbranched alkanes of at least 4 members (excludes halogenated alkanes) is 27. The fourth-order valence-corrected chi connectivity index (χ4v) is 8.11. The lowest BCUT2D eigenvalue weighted by atomic mass is 10.0. The summed E-state index contributed by atoms with van der Waals surface area (Å²) in [7, 11) is 0. The van der Waals surface area contributed by atoms with Crippen molar-refractivity contribution in [2.45, 2.75) is 289 Å². The van der Waals surface area contributed by atoms with Crippen molar-refractivity contribution in [3.05, 3.63) is 60.8 Å². The molecular weight excluding hydrogens is 791 g/mol. The largest absolute Gasteiger partial charge is 0.462 e. The van der Waals surface area contributed by atoms with E-state index < -0.39 is 18.2 Å². The number of amides is 1. The standard InChI is InChI=1S/C58H105NO5/c1-4-7-10-13-16-19-21-23-25-27-28-30-32-34-36-39-42-45-48-51-58(63)64-54(49-46-43-40-38-35-33-31-29-26-24-22-20-17-14-11-8-5-2)52-57(62)59-55(53-60)56(61)50-47-44-41-37-18-15-12-9-6-3/h16,19,23-26,28,30,34,36,54-56,60-61H,4-15,17-18,20-22,27,29,31-33,35,37-53H2,1-3H3,(H,59,62)/b19-16-,25-23-,26-24+,30-28-,36-34-. The molecule has 0 aromatic carbocycles. The zero-order chi connectivity index (χ0) is 46.7. The highest BCUT2D eigenvalue weighted by Gasteiger charge is 2.24. The molecule has 0 rings (SSSR count). The molecule has 0 aromatic rings. The molecule has 0 bridgehead atoms. The van der Waals surface area contributed by atoms with Gasteiger partial charge in [0.1, 0.15) is 6.10 Å². The number of carbonyl (C=O) groups excluding carboxylic acids is 2. The average molecular weight is 896 g/mol. The Bertz CT molecular complexity index is 1140. The summed E-state index contributed by atoms with van der Waals surface area (Å²) >= 11 is 0. The molecule has 64 heavy (non-hydrogen) atoms. The van der Waals surface area contributed by atoms with Crippen LogP contribution >= 0.6 is 0 Å². The van der Waals surface area contributed by atoms with Gasteiger partial charge in [-0.05, 0) is 96.3 Å². The van der Waals surface area contributed by atoms with Crippen molar-refractivity contribution in [2.75, 3.05) is 6.61 Å². The summed E-state index contributed by atoms with van der Waals surface area (Å²) in [5.41, 5.74) is 0. The first-order valence-electron chi connectivity index (χ1n) is 27.5. The third-order valence-electron chi connectivity index (χ3n) is 12.3. The molecule has 0 fully saturated rings. The minimum absolute atomic E-state index is 0.0609. The molecule has 0 radical (unpaired) electrons. The van der Waals surface area contributed by atoms with E-state index in [1.807, 2.05) is 0 Å². The number of ether oxygens (including phenoxy) is 1. The van der Waals surface area contributed by atoms with Crippen molar-refractivity contribution < 1.29 is 24.5 Å². The first kappa shape index (κ1) is 61.6. The van der Waals surface area contributed by atoms with E-state index >= 15 is 0 Å². The van der Waals surface area contributed by atoms with Crippen LogP contribution < -0.4 is 5.32 Å². The number of esters is 1. The number of aliphatic hydroxyl groups is 2. The zero-order valence-electron chi connectivity index (χ0n) is 42.4. The first-order chi connectivity index (χ1) is 31.5. The Morgan fingerprint density at radius 3 is 1.25 bits per heavy atom. The molecule has 0 spiro atoms. The Hall–Kier alpha value is -2.44. The molecule has 6 heteroatoms. The Morgan fingerprint density at radius 1 is 0.453 bits per heavy atom. The highest BCUT2D eigenvalue weighted by Crippen LogP contribution is 2.18. The van der Waals surface area contributed by atoms with E-state index in [-0.39, 0.29) is 24.9 Å². The van der Waals surface area contributed by atoms with Gasteiger partial charge in [0, 0.05) is 6.42 Å². The number of allylic oxidation sites excluding steroid dienone is 10. The van der Waals surface area contributed by atoms with Crippen LogP contribution in [0.25, 0.3) is 0 Å². The van der Waals surface area contributed by atoms with Gasteiger partial charge in [0.2, 0.25) is 5.91 Å². The third kappa shape index (κ3) is 46.1. The zero-order valence-corrected chi connectivity index (χ0v) is 42.4. The van der Waals surface area contributed by atoms with Crippen LogP contribution in [0.5, 0.6) is 0 Å². The lowest BCUT2D eigenvalue weighted by Crippen LogP contribution is -2.46. The van der Waals surface area contributed by atoms with E-state index in [1.165, 1.54) is 141 Å². The Kier molecular flexibility index (Phi) is 49.6. The highest BCUT2D eigenvalue weighted by atomic mass is 16.5. The number of hydrogen-bond donors (Lipinski definition) is 3. The van der Waals surface area contributed by atoms with Gasteiger partial charge in [-0.15, -0.1) is 0 Å². The molecule has 0 aromatic heterocycles. The predicted octanol–water partition coefficient (Wildman–Crippen LogP) is 16.8. The van der Waals surface area contributed by atoms with Gasteiger partial charge in [-0.25, -0.2) is 0 Å². The highest BCUT2D eigenvalue weighted by molar-refractivity contribution is 5.77. The van der Waals surface area contributed by atoms with E-state index in [4.69, 9.17) is 4.74 Å². The van der Waals surface area contributed by atoms with Crippen LogP contribution in [0, 0.1) is 0 Å². The summed E-state index contributed by atoms with van der Waals surface area (Å²) in [6.45, 7) is 6.44. The van der Waals surface area contributed by atoms with Gasteiger partial charge in [0.05, 0.1) is 25.2 Å². The second kappa shape index (κ2) is 51.5. The van der Waals surface area contributed by atoms with Crippen LogP contribution in [0.4, 0.5) is 0 Å². The fraction of sp³-hybridized carbons (Fsp3) is 0.793. The Morgan fingerprint density at radius 2 is 0.797 bits per heavy atom. The molecule has 0 aliphatic rings. The van der Waals surface area contributed by atoms with E-state index in [0.29, 0.717) is 19.3 Å². The van der Waals surface area contributed by atoms with Crippen molar-refractivity contribution in [1.82, 2.24) is 5.32 Å². The molecule has 0 saturated carbocycles. The maximum atomic E-state index is 13.2. The molecule has 3 N–H and O–H groups in total. The molecule has 0 aliphatic heterocycles. The van der Waals surface area contributed by atoms with Crippen LogP contribution in [0.15, 0.2) is 60.8 Å². The number of nitrogens with one attached hydrogen (secondary N) is 1. The van der Waals surface area contributed by atoms with Gasteiger partial charge < -0.3 is 20.3 Å². The normalized spacial score (nSPS) is 13.6. The van der Waals surface area contributed by atoms with Crippen LogP contribution in [0.2, 0.25) is 0 Å². The van der Waals surface area contributed by atoms with Gasteiger partial charge in [0.15, 0.2) is 0 Å². The maximum absolute atomic E-state index is 13.2. The van der Waals surface area contributed by atoms with Gasteiger partial charge >= 0.3 is 5.97 Å². The molecule has 0 saturated heterocycles. The minimum Gasteiger partial charge on any atom is -0.462 e. The number of carbonyl (C=O) groups is 2. The summed E-state index contributed by atoms with van der Waals surface area (Å²) in [6.07, 6.45) is 64.3. The van der Waals surface area contributed by atoms with Gasteiger partial charge in [0.25, 0.3) is 0 Å². The van der Waals surface area contributed by atoms with E-state index in [0.717, 1.165) is 83.5 Å². The number of aliphatic hydroxyl groups excluding tert-OH is 2. The average Bonchev–Trinajstić information content (AvgIpc) is 3.29. The smallest absolute Gasteiger partial charge is 0.306 e. The number of rotatable bonds is 49. The molecular formula is C58H105NO5. The first-order valence-corrected chi connectivity index (χ1v) is 27.5. The monoisotopic (exact) mass is 896 g/mol. The van der Waals surface area contributed by atoms with Crippen LogP contribution in [0.1, 0.15) is 271 Å². The summed E-state index contributed by atoms with van der Waals surface area (Å²) < 4.78 is 5.94. The lowest BCUT2D eigenvalue weighted by Gasteiger charge is -2.24. The van der Waals surface area contributed by atoms with Gasteiger partial charge in [-0.2, -0.15) is 0 Å². The topological polar surface area (TPSA) is 95.9 Å². The van der Waals surface area contributed by atoms with Crippen molar-refractivity contribution in [3.8, 4) is 0 Å². The summed E-state index contributed by atoms with van der Waals surface area (Å²) in [4.78, 5) is 26.2. The summed E-state index contributed by atoms with van der Waals surface area (Å²) in [5, 5.41) is 23.7. The molecule has 6 nitrogen and oxygen atoms in total. The van der Waals surface area contributed by atoms with Crippen LogP contribution in [-0.2, 0) is 14.3 Å². The third-order valence-corrected chi connectivity index (χ3v) is 12.3. The maximum Gasteiger partial charge on any atom is 0.306 e. The lowest BCUT2D eigenvalue weighted by molar-refractivity contribution is -0.151. The van der Waals surface area contributed by atoms with Crippen molar-refractivity contribution in [1.29, 1.82) is 0 Å². The molecule has 3 atom stereocenters. The van der Waals surface area contributed by atoms with Crippen LogP contribution in [-0.4, -0.2) is 46.9 Å². The summed E-state index contributed by atoms with van der Waals surface area (Å²) in [6, 6.07) is -0.710.